The van der Waals surface area contributed by atoms with Gasteiger partial charge in [-0.2, -0.15) is 0 Å². The van der Waals surface area contributed by atoms with Gasteiger partial charge in [-0.25, -0.2) is 4.98 Å². The minimum absolute atomic E-state index is 0.0858. The SMILES string of the molecule is CCCOc1ccc(C(O)=C2C(=O)C(=O)N(c3nc4ccc(OC)cc4s3)C2c2ccc(O)c(OCC)c2)cc1. The van der Waals surface area contributed by atoms with Crippen molar-refractivity contribution in [3.63, 3.8) is 0 Å². The van der Waals surface area contributed by atoms with Gasteiger partial charge in [0.25, 0.3) is 5.78 Å². The smallest absolute Gasteiger partial charge is 0.301 e. The molecule has 4 aromatic rings. The number of ketones is 1. The second-order valence-corrected chi connectivity index (χ2v) is 10.0. The van der Waals surface area contributed by atoms with E-state index < -0.39 is 17.7 Å². The van der Waals surface area contributed by atoms with Crippen molar-refractivity contribution in [2.24, 2.45) is 0 Å². The van der Waals surface area contributed by atoms with E-state index in [0.29, 0.717) is 41.4 Å². The first-order valence-corrected chi connectivity index (χ1v) is 13.6. The van der Waals surface area contributed by atoms with E-state index in [9.17, 15) is 19.8 Å². The summed E-state index contributed by atoms with van der Waals surface area (Å²) in [5, 5.41) is 22.0. The van der Waals surface area contributed by atoms with Crippen LogP contribution in [0.3, 0.4) is 0 Å². The molecule has 2 N–H and O–H groups in total. The van der Waals surface area contributed by atoms with Crippen LogP contribution in [-0.2, 0) is 9.59 Å². The summed E-state index contributed by atoms with van der Waals surface area (Å²) in [5.41, 5.74) is 1.34. The maximum absolute atomic E-state index is 13.6. The highest BCUT2D eigenvalue weighted by molar-refractivity contribution is 7.22. The molecule has 0 aliphatic carbocycles. The number of carbonyl (C=O) groups is 2. The number of aromatic nitrogens is 1. The molecule has 40 heavy (non-hydrogen) atoms. The van der Waals surface area contributed by atoms with Crippen LogP contribution < -0.4 is 19.1 Å². The number of hydrogen-bond acceptors (Lipinski definition) is 9. The second-order valence-electron chi connectivity index (χ2n) is 9.03. The van der Waals surface area contributed by atoms with Gasteiger partial charge in [-0.1, -0.05) is 24.3 Å². The van der Waals surface area contributed by atoms with Crippen molar-refractivity contribution < 1.29 is 34.0 Å². The van der Waals surface area contributed by atoms with Gasteiger partial charge < -0.3 is 24.4 Å². The number of methoxy groups -OCH3 is 1. The van der Waals surface area contributed by atoms with Gasteiger partial charge in [-0.3, -0.25) is 14.5 Å². The first-order valence-electron chi connectivity index (χ1n) is 12.8. The summed E-state index contributed by atoms with van der Waals surface area (Å²) in [4.78, 5) is 33.0. The van der Waals surface area contributed by atoms with Crippen LogP contribution in [0.5, 0.6) is 23.0 Å². The van der Waals surface area contributed by atoms with E-state index in [1.165, 1.54) is 22.3 Å². The topological polar surface area (TPSA) is 118 Å². The number of anilines is 1. The molecule has 0 bridgehead atoms. The van der Waals surface area contributed by atoms with Gasteiger partial charge in [0.05, 0.1) is 42.2 Å². The van der Waals surface area contributed by atoms with E-state index in [4.69, 9.17) is 14.2 Å². The van der Waals surface area contributed by atoms with Gasteiger partial charge in [0.15, 0.2) is 16.6 Å². The number of hydrogen-bond donors (Lipinski definition) is 2. The van der Waals surface area contributed by atoms with Crippen LogP contribution in [0.15, 0.2) is 66.2 Å². The Morgan fingerprint density at radius 2 is 1.75 bits per heavy atom. The quantitative estimate of drug-likeness (QED) is 0.149. The molecule has 1 unspecified atom stereocenters. The zero-order valence-corrected chi connectivity index (χ0v) is 23.0. The predicted molar refractivity (Wildman–Crippen MR) is 152 cm³/mol. The number of fused-ring (bicyclic) bond motifs is 1. The molecule has 0 radical (unpaired) electrons. The number of phenols is 1. The molecule has 5 rings (SSSR count). The van der Waals surface area contributed by atoms with Crippen molar-refractivity contribution in [3.8, 4) is 23.0 Å². The maximum Gasteiger partial charge on any atom is 0.301 e. The van der Waals surface area contributed by atoms with E-state index in [0.717, 1.165) is 11.1 Å². The monoisotopic (exact) mass is 560 g/mol. The molecule has 1 saturated heterocycles. The lowest BCUT2D eigenvalue weighted by Crippen LogP contribution is -2.29. The molecule has 3 aromatic carbocycles. The van der Waals surface area contributed by atoms with Gasteiger partial charge in [0.1, 0.15) is 17.3 Å². The molecule has 0 spiro atoms. The number of Topliss-reactive ketones (excluding diaryl/α,β-unsaturated/α-hetero) is 1. The molecule has 10 heteroatoms. The Bertz CT molecular complexity index is 1610. The zero-order valence-electron chi connectivity index (χ0n) is 22.2. The van der Waals surface area contributed by atoms with Crippen LogP contribution in [0.1, 0.15) is 37.4 Å². The average molecular weight is 561 g/mol. The van der Waals surface area contributed by atoms with Gasteiger partial charge in [-0.15, -0.1) is 0 Å². The lowest BCUT2D eigenvalue weighted by Gasteiger charge is -2.23. The summed E-state index contributed by atoms with van der Waals surface area (Å²) in [7, 11) is 1.56. The van der Waals surface area contributed by atoms with E-state index in [-0.39, 0.29) is 28.0 Å². The molecular formula is C30H28N2O7S. The molecular weight excluding hydrogens is 532 g/mol. The van der Waals surface area contributed by atoms with E-state index in [1.807, 2.05) is 6.92 Å². The van der Waals surface area contributed by atoms with Crippen molar-refractivity contribution in [2.45, 2.75) is 26.3 Å². The maximum atomic E-state index is 13.6. The molecule has 1 aliphatic rings. The van der Waals surface area contributed by atoms with Gasteiger partial charge in [0, 0.05) is 5.56 Å². The second kappa shape index (κ2) is 11.3. The summed E-state index contributed by atoms with van der Waals surface area (Å²) in [5.74, 6) is -0.646. The van der Waals surface area contributed by atoms with Crippen LogP contribution in [0.25, 0.3) is 16.0 Å². The molecule has 1 atom stereocenters. The molecule has 9 nitrogen and oxygen atoms in total. The molecule has 1 amide bonds. The van der Waals surface area contributed by atoms with E-state index in [2.05, 4.69) is 4.98 Å². The largest absolute Gasteiger partial charge is 0.507 e. The van der Waals surface area contributed by atoms with Crippen molar-refractivity contribution in [3.05, 3.63) is 77.4 Å². The summed E-state index contributed by atoms with van der Waals surface area (Å²) in [6, 6.07) is 15.6. The number of rotatable bonds is 9. The highest BCUT2D eigenvalue weighted by Gasteiger charge is 2.48. The van der Waals surface area contributed by atoms with Gasteiger partial charge in [-0.05, 0) is 73.5 Å². The van der Waals surface area contributed by atoms with Crippen molar-refractivity contribution >= 4 is 44.1 Å². The number of carbonyl (C=O) groups excluding carboxylic acids is 2. The fourth-order valence-corrected chi connectivity index (χ4v) is 5.55. The molecule has 0 saturated carbocycles. The lowest BCUT2D eigenvalue weighted by atomic mass is 9.95. The Hall–Kier alpha value is -4.57. The van der Waals surface area contributed by atoms with E-state index in [1.54, 1.807) is 68.6 Å². The van der Waals surface area contributed by atoms with Crippen LogP contribution in [0, 0.1) is 0 Å². The lowest BCUT2D eigenvalue weighted by molar-refractivity contribution is -0.132. The van der Waals surface area contributed by atoms with Crippen molar-refractivity contribution in [2.75, 3.05) is 25.2 Å². The molecule has 1 aliphatic heterocycles. The fourth-order valence-electron chi connectivity index (χ4n) is 4.52. The Kier molecular flexibility index (Phi) is 7.61. The fraction of sp³-hybridized carbons (Fsp3) is 0.233. The Labute approximate surface area is 234 Å². The Morgan fingerprint density at radius 3 is 2.45 bits per heavy atom. The first kappa shape index (κ1) is 27.0. The molecule has 1 fully saturated rings. The summed E-state index contributed by atoms with van der Waals surface area (Å²) in [6.07, 6.45) is 0.847. The normalized spacial score (nSPS) is 16.5. The first-order chi connectivity index (χ1) is 19.4. The minimum atomic E-state index is -1.03. The number of thiazole rings is 1. The third-order valence-corrected chi connectivity index (χ3v) is 7.45. The number of nitrogens with zero attached hydrogens (tertiary/aromatic N) is 2. The van der Waals surface area contributed by atoms with Crippen molar-refractivity contribution in [1.82, 2.24) is 4.98 Å². The average Bonchev–Trinajstić information content (AvgIpc) is 3.50. The van der Waals surface area contributed by atoms with Crippen LogP contribution in [-0.4, -0.2) is 47.2 Å². The number of ether oxygens (including phenoxy) is 3. The number of phenolic OH excluding ortho intramolecular Hbond substituents is 1. The number of aliphatic hydroxyl groups excluding tert-OH is 1. The van der Waals surface area contributed by atoms with E-state index >= 15 is 0 Å². The third-order valence-electron chi connectivity index (χ3n) is 6.43. The molecule has 1 aromatic heterocycles. The summed E-state index contributed by atoms with van der Waals surface area (Å²) >= 11 is 1.23. The van der Waals surface area contributed by atoms with Crippen LogP contribution >= 0.6 is 11.3 Å². The molecule has 206 valence electrons. The third kappa shape index (κ3) is 4.93. The highest BCUT2D eigenvalue weighted by atomic mass is 32.1. The predicted octanol–water partition coefficient (Wildman–Crippen LogP) is 5.82. The summed E-state index contributed by atoms with van der Waals surface area (Å²) < 4.78 is 17.3. The summed E-state index contributed by atoms with van der Waals surface area (Å²) in [6.45, 7) is 4.62. The Balaban J connectivity index is 1.67. The zero-order chi connectivity index (χ0) is 28.4. The van der Waals surface area contributed by atoms with Gasteiger partial charge >= 0.3 is 5.91 Å². The number of aromatic hydroxyl groups is 1. The number of amides is 1. The molecule has 2 heterocycles. The van der Waals surface area contributed by atoms with Crippen LogP contribution in [0.4, 0.5) is 5.13 Å². The number of aliphatic hydroxyl groups is 1. The Morgan fingerprint density at radius 1 is 1.00 bits per heavy atom. The van der Waals surface area contributed by atoms with Crippen LogP contribution in [0.2, 0.25) is 0 Å². The highest BCUT2D eigenvalue weighted by Crippen LogP contribution is 2.46. The standard InChI is InChI=1S/C30H28N2O7S/c1-4-14-39-19-9-6-17(7-10-19)27(34)25-26(18-8-13-22(33)23(15-18)38-5-2)32(29(36)28(25)35)30-31-21-12-11-20(37-3)16-24(21)40-30/h6-13,15-16,26,33-34H,4-5,14H2,1-3H3. The minimum Gasteiger partial charge on any atom is -0.507 e. The van der Waals surface area contributed by atoms with Gasteiger partial charge in [0.2, 0.25) is 0 Å². The number of benzene rings is 3. The van der Waals surface area contributed by atoms with Crippen molar-refractivity contribution in [1.29, 1.82) is 0 Å².